The molecule has 1 unspecified atom stereocenters. The Morgan fingerprint density at radius 3 is 2.50 bits per heavy atom. The van der Waals surface area contributed by atoms with Crippen molar-refractivity contribution in [3.63, 3.8) is 0 Å². The van der Waals surface area contributed by atoms with Crippen LogP contribution in [0.1, 0.15) is 36.3 Å². The number of carbonyl (C=O) groups is 1. The van der Waals surface area contributed by atoms with Crippen LogP contribution < -0.4 is 4.90 Å². The fourth-order valence-corrected chi connectivity index (χ4v) is 5.18. The quantitative estimate of drug-likeness (QED) is 0.233. The van der Waals surface area contributed by atoms with Crippen molar-refractivity contribution >= 4 is 40.4 Å². The molecule has 2 aliphatic rings. The molecule has 8 heteroatoms. The Morgan fingerprint density at radius 1 is 1.03 bits per heavy atom. The summed E-state index contributed by atoms with van der Waals surface area (Å²) in [6.45, 7) is 0. The van der Waals surface area contributed by atoms with E-state index in [9.17, 15) is 25.4 Å². The largest absolute Gasteiger partial charge is 0.507 e. The van der Waals surface area contributed by atoms with Crippen LogP contribution in [0.15, 0.2) is 95.7 Å². The van der Waals surface area contributed by atoms with E-state index in [-0.39, 0.29) is 28.6 Å². The topological polar surface area (TPSA) is 108 Å². The molecule has 0 amide bonds. The summed E-state index contributed by atoms with van der Waals surface area (Å²) in [6.07, 6.45) is 1.48. The first-order valence-electron chi connectivity index (χ1n) is 11.5. The van der Waals surface area contributed by atoms with Gasteiger partial charge in [0.2, 0.25) is 0 Å². The van der Waals surface area contributed by atoms with Gasteiger partial charge in [0.05, 0.1) is 4.92 Å². The van der Waals surface area contributed by atoms with Gasteiger partial charge in [0, 0.05) is 57.6 Å². The molecule has 0 aromatic heterocycles. The molecule has 0 saturated heterocycles. The number of nitro groups is 1. The highest BCUT2D eigenvalue weighted by Gasteiger charge is 2.43. The average molecular weight is 500 g/mol. The lowest BCUT2D eigenvalue weighted by molar-refractivity contribution is -0.384. The summed E-state index contributed by atoms with van der Waals surface area (Å²) in [5.41, 5.74) is 2.72. The van der Waals surface area contributed by atoms with Crippen LogP contribution in [0.3, 0.4) is 0 Å². The van der Waals surface area contributed by atoms with E-state index in [0.717, 1.165) is 0 Å². The Balaban J connectivity index is 1.84. The number of rotatable bonds is 4. The van der Waals surface area contributed by atoms with Gasteiger partial charge in [0.1, 0.15) is 11.6 Å². The Bertz CT molecular complexity index is 1460. The predicted octanol–water partition coefficient (Wildman–Crippen LogP) is 6.81. The molecular formula is C28H22ClN3O4. The maximum absolute atomic E-state index is 13.5. The van der Waals surface area contributed by atoms with Crippen molar-refractivity contribution < 1.29 is 14.8 Å². The number of nitrogens with one attached hydrogen (secondary N) is 1. The van der Waals surface area contributed by atoms with Gasteiger partial charge in [-0.05, 0) is 36.6 Å². The first-order valence-corrected chi connectivity index (χ1v) is 11.9. The van der Waals surface area contributed by atoms with Gasteiger partial charge < -0.3 is 5.11 Å². The van der Waals surface area contributed by atoms with Gasteiger partial charge in [0.15, 0.2) is 5.78 Å². The molecule has 36 heavy (non-hydrogen) atoms. The van der Waals surface area contributed by atoms with E-state index in [1.807, 2.05) is 6.07 Å². The molecule has 3 aromatic carbocycles. The summed E-state index contributed by atoms with van der Waals surface area (Å²) in [5, 5.41) is 32.9. The van der Waals surface area contributed by atoms with Crippen LogP contribution in [-0.2, 0) is 4.79 Å². The molecule has 180 valence electrons. The van der Waals surface area contributed by atoms with Gasteiger partial charge in [-0.1, -0.05) is 60.1 Å². The van der Waals surface area contributed by atoms with Crippen molar-refractivity contribution in [1.82, 2.24) is 0 Å². The minimum absolute atomic E-state index is 0.0106. The van der Waals surface area contributed by atoms with Gasteiger partial charge in [-0.15, -0.1) is 0 Å². The van der Waals surface area contributed by atoms with Gasteiger partial charge in [-0.25, -0.2) is 0 Å². The van der Waals surface area contributed by atoms with E-state index in [0.29, 0.717) is 52.4 Å². The Kier molecular flexibility index (Phi) is 6.16. The number of hydrogen-bond donors (Lipinski definition) is 2. The summed E-state index contributed by atoms with van der Waals surface area (Å²) < 4.78 is 0. The number of carbonyl (C=O) groups excluding carboxylic acids is 1. The van der Waals surface area contributed by atoms with Crippen LogP contribution >= 0.6 is 11.6 Å². The lowest BCUT2D eigenvalue weighted by Gasteiger charge is -2.41. The van der Waals surface area contributed by atoms with Crippen molar-refractivity contribution in [3.8, 4) is 0 Å². The second-order valence-electron chi connectivity index (χ2n) is 8.71. The Labute approximate surface area is 212 Å². The predicted molar refractivity (Wildman–Crippen MR) is 139 cm³/mol. The molecule has 1 aliphatic heterocycles. The standard InChI is InChI=1S/C28H22ClN3O4/c29-19-10-5-11-20(16-19)31-22-13-6-14-23(33)25(22)24(18-9-4-12-21(15-18)32(35)36)26(28(31)30)27(34)17-7-2-1-3-8-17/h1-5,7-12,15-16,24,30,34H,6,13-14H2/b27-26+,30-28?. The number of non-ortho nitro benzene ring substituents is 1. The SMILES string of the molecule is N=C1/C(=C(/O)c2ccccc2)C(c2cccc([N+](=O)[O-])c2)C2=C(CCCC2=O)N1c1cccc(Cl)c1. The van der Waals surface area contributed by atoms with E-state index in [4.69, 9.17) is 11.6 Å². The molecule has 0 spiro atoms. The number of hydrogen-bond acceptors (Lipinski definition) is 5. The molecule has 5 rings (SSSR count). The van der Waals surface area contributed by atoms with Crippen molar-refractivity contribution in [2.75, 3.05) is 4.90 Å². The molecule has 1 atom stereocenters. The number of allylic oxidation sites excluding steroid dienone is 2. The number of benzene rings is 3. The average Bonchev–Trinajstić information content (AvgIpc) is 2.88. The minimum atomic E-state index is -0.837. The van der Waals surface area contributed by atoms with Gasteiger partial charge in [0.25, 0.3) is 5.69 Å². The van der Waals surface area contributed by atoms with Crippen molar-refractivity contribution in [3.05, 3.63) is 122 Å². The van der Waals surface area contributed by atoms with E-state index in [2.05, 4.69) is 0 Å². The zero-order chi connectivity index (χ0) is 25.4. The zero-order valence-corrected chi connectivity index (χ0v) is 19.9. The van der Waals surface area contributed by atoms with Crippen molar-refractivity contribution in [2.24, 2.45) is 0 Å². The lowest BCUT2D eigenvalue weighted by Crippen LogP contribution is -2.42. The number of amidine groups is 1. The van der Waals surface area contributed by atoms with Crippen LogP contribution in [0, 0.1) is 15.5 Å². The van der Waals surface area contributed by atoms with Crippen LogP contribution in [0.4, 0.5) is 11.4 Å². The number of nitrogens with zero attached hydrogens (tertiary/aromatic N) is 2. The summed E-state index contributed by atoms with van der Waals surface area (Å²) >= 11 is 6.28. The third-order valence-electron chi connectivity index (χ3n) is 6.54. The number of aliphatic hydroxyl groups excluding tert-OH is 1. The summed E-state index contributed by atoms with van der Waals surface area (Å²) in [4.78, 5) is 26.2. The number of anilines is 1. The van der Waals surface area contributed by atoms with Crippen molar-refractivity contribution in [2.45, 2.75) is 25.2 Å². The van der Waals surface area contributed by atoms with Gasteiger partial charge in [-0.3, -0.25) is 25.2 Å². The highest BCUT2D eigenvalue weighted by Crippen LogP contribution is 2.48. The van der Waals surface area contributed by atoms with E-state index >= 15 is 0 Å². The van der Waals surface area contributed by atoms with Gasteiger partial charge >= 0.3 is 0 Å². The van der Waals surface area contributed by atoms with E-state index in [1.165, 1.54) is 12.1 Å². The minimum Gasteiger partial charge on any atom is -0.507 e. The second kappa shape index (κ2) is 9.43. The zero-order valence-electron chi connectivity index (χ0n) is 19.1. The number of aliphatic hydroxyl groups is 1. The molecule has 2 N–H and O–H groups in total. The number of halogens is 1. The lowest BCUT2D eigenvalue weighted by atomic mass is 9.73. The maximum Gasteiger partial charge on any atom is 0.269 e. The smallest absolute Gasteiger partial charge is 0.269 e. The summed E-state index contributed by atoms with van der Waals surface area (Å²) in [6, 6.07) is 21.9. The highest BCUT2D eigenvalue weighted by molar-refractivity contribution is 6.31. The third kappa shape index (κ3) is 4.07. The molecule has 0 bridgehead atoms. The molecule has 7 nitrogen and oxygen atoms in total. The third-order valence-corrected chi connectivity index (χ3v) is 6.77. The molecule has 0 radical (unpaired) electrons. The molecule has 1 heterocycles. The Morgan fingerprint density at radius 2 is 1.78 bits per heavy atom. The first-order chi connectivity index (χ1) is 17.4. The number of ketones is 1. The molecule has 3 aromatic rings. The number of Topliss-reactive ketones (excluding diaryl/α,β-unsaturated/α-hetero) is 1. The number of nitro benzene ring substituents is 1. The summed E-state index contributed by atoms with van der Waals surface area (Å²) in [7, 11) is 0. The fraction of sp³-hybridized carbons (Fsp3) is 0.143. The highest BCUT2D eigenvalue weighted by atomic mass is 35.5. The van der Waals surface area contributed by atoms with Crippen LogP contribution in [0.5, 0.6) is 0 Å². The molecule has 0 saturated carbocycles. The monoisotopic (exact) mass is 499 g/mol. The van der Waals surface area contributed by atoms with E-state index in [1.54, 1.807) is 65.6 Å². The van der Waals surface area contributed by atoms with Crippen molar-refractivity contribution in [1.29, 1.82) is 5.41 Å². The summed E-state index contributed by atoms with van der Waals surface area (Å²) in [5.74, 6) is -1.11. The molecular weight excluding hydrogens is 478 g/mol. The second-order valence-corrected chi connectivity index (χ2v) is 9.15. The molecule has 0 fully saturated rings. The first kappa shape index (κ1) is 23.5. The fourth-order valence-electron chi connectivity index (χ4n) is 4.99. The molecule has 1 aliphatic carbocycles. The van der Waals surface area contributed by atoms with E-state index < -0.39 is 10.8 Å². The maximum atomic E-state index is 13.5. The Hall–Kier alpha value is -4.23. The van der Waals surface area contributed by atoms with Crippen LogP contribution in [0.25, 0.3) is 5.76 Å². The normalized spacial score (nSPS) is 19.2. The van der Waals surface area contributed by atoms with Crippen LogP contribution in [0.2, 0.25) is 5.02 Å². The van der Waals surface area contributed by atoms with Crippen LogP contribution in [-0.4, -0.2) is 21.6 Å². The van der Waals surface area contributed by atoms with Gasteiger partial charge in [-0.2, -0.15) is 0 Å².